The van der Waals surface area contributed by atoms with Gasteiger partial charge in [0.25, 0.3) is 0 Å². The second-order valence-electron chi connectivity index (χ2n) is 4.66. The predicted octanol–water partition coefficient (Wildman–Crippen LogP) is 4.51. The van der Waals surface area contributed by atoms with E-state index < -0.39 is 11.7 Å². The molecule has 0 spiro atoms. The molecular formula is C16H10Cl2FNO3. The van der Waals surface area contributed by atoms with Crippen molar-refractivity contribution in [3.63, 3.8) is 0 Å². The SMILES string of the molecule is O=C(/C=C/c1cc(Cl)c2c(c1)OCO2)Nc1cccc(Cl)c1F. The molecule has 1 aliphatic heterocycles. The maximum Gasteiger partial charge on any atom is 0.248 e. The second-order valence-corrected chi connectivity index (χ2v) is 5.47. The van der Waals surface area contributed by atoms with E-state index in [2.05, 4.69) is 5.32 Å². The Bertz CT molecular complexity index is 808. The summed E-state index contributed by atoms with van der Waals surface area (Å²) in [6.07, 6.45) is 2.79. The van der Waals surface area contributed by atoms with E-state index in [4.69, 9.17) is 32.7 Å². The van der Waals surface area contributed by atoms with E-state index in [1.54, 1.807) is 18.2 Å². The summed E-state index contributed by atoms with van der Waals surface area (Å²) in [6, 6.07) is 7.69. The lowest BCUT2D eigenvalue weighted by atomic mass is 10.2. The molecule has 2 aromatic carbocycles. The van der Waals surface area contributed by atoms with Crippen LogP contribution in [-0.2, 0) is 4.79 Å². The number of carbonyl (C=O) groups is 1. The van der Waals surface area contributed by atoms with Crippen molar-refractivity contribution in [3.05, 3.63) is 57.8 Å². The summed E-state index contributed by atoms with van der Waals surface area (Å²) in [5.41, 5.74) is 0.664. The smallest absolute Gasteiger partial charge is 0.248 e. The highest BCUT2D eigenvalue weighted by molar-refractivity contribution is 6.32. The molecule has 1 amide bonds. The summed E-state index contributed by atoms with van der Waals surface area (Å²) in [6.45, 7) is 0.108. The third kappa shape index (κ3) is 3.41. The molecule has 0 radical (unpaired) electrons. The van der Waals surface area contributed by atoms with Crippen molar-refractivity contribution >= 4 is 40.9 Å². The minimum atomic E-state index is -0.679. The molecule has 118 valence electrons. The van der Waals surface area contributed by atoms with Crippen LogP contribution in [0.4, 0.5) is 10.1 Å². The number of benzene rings is 2. The summed E-state index contributed by atoms with van der Waals surface area (Å²) in [4.78, 5) is 11.9. The van der Waals surface area contributed by atoms with E-state index >= 15 is 0 Å². The van der Waals surface area contributed by atoms with Gasteiger partial charge >= 0.3 is 0 Å². The van der Waals surface area contributed by atoms with Crippen molar-refractivity contribution in [2.45, 2.75) is 0 Å². The van der Waals surface area contributed by atoms with Crippen molar-refractivity contribution < 1.29 is 18.7 Å². The second kappa shape index (κ2) is 6.48. The van der Waals surface area contributed by atoms with Gasteiger partial charge in [-0.1, -0.05) is 29.3 Å². The van der Waals surface area contributed by atoms with Crippen LogP contribution in [0.3, 0.4) is 0 Å². The highest BCUT2D eigenvalue weighted by atomic mass is 35.5. The Hall–Kier alpha value is -2.24. The summed E-state index contributed by atoms with van der Waals surface area (Å²) in [5.74, 6) is -0.185. The fourth-order valence-electron chi connectivity index (χ4n) is 2.03. The molecule has 3 rings (SSSR count). The van der Waals surface area contributed by atoms with Crippen LogP contribution in [0, 0.1) is 5.82 Å². The number of nitrogens with one attached hydrogen (secondary N) is 1. The fourth-order valence-corrected chi connectivity index (χ4v) is 2.48. The van der Waals surface area contributed by atoms with Crippen LogP contribution < -0.4 is 14.8 Å². The number of ether oxygens (including phenoxy) is 2. The topological polar surface area (TPSA) is 47.6 Å². The Kier molecular flexibility index (Phi) is 4.41. The number of halogens is 3. The molecule has 0 atom stereocenters. The normalized spacial score (nSPS) is 12.7. The van der Waals surface area contributed by atoms with E-state index in [-0.39, 0.29) is 17.5 Å². The van der Waals surface area contributed by atoms with Gasteiger partial charge in [0.15, 0.2) is 17.3 Å². The van der Waals surface area contributed by atoms with Crippen LogP contribution in [0.25, 0.3) is 6.08 Å². The summed E-state index contributed by atoms with van der Waals surface area (Å²) < 4.78 is 24.2. The molecule has 0 aliphatic carbocycles. The maximum absolute atomic E-state index is 13.7. The standard InChI is InChI=1S/C16H10Cl2FNO3/c17-10-2-1-3-12(15(10)19)20-14(21)5-4-9-6-11(18)16-13(7-9)22-8-23-16/h1-7H,8H2,(H,20,21)/b5-4+. The summed E-state index contributed by atoms with van der Waals surface area (Å²) in [7, 11) is 0. The molecule has 0 unspecified atom stereocenters. The van der Waals surface area contributed by atoms with Gasteiger partial charge in [-0.3, -0.25) is 4.79 Å². The highest BCUT2D eigenvalue weighted by Gasteiger charge is 2.17. The molecule has 2 aromatic rings. The number of carbonyl (C=O) groups excluding carboxylic acids is 1. The Balaban J connectivity index is 1.74. The molecule has 0 saturated carbocycles. The third-order valence-corrected chi connectivity index (χ3v) is 3.66. The molecule has 1 heterocycles. The minimum absolute atomic E-state index is 0.0101. The number of amides is 1. The van der Waals surface area contributed by atoms with Gasteiger partial charge in [-0.15, -0.1) is 0 Å². The average molecular weight is 354 g/mol. The molecule has 4 nitrogen and oxygen atoms in total. The molecule has 0 saturated heterocycles. The monoisotopic (exact) mass is 353 g/mol. The number of hydrogen-bond donors (Lipinski definition) is 1. The first-order valence-electron chi connectivity index (χ1n) is 6.57. The number of rotatable bonds is 3. The van der Waals surface area contributed by atoms with Crippen LogP contribution in [-0.4, -0.2) is 12.7 Å². The van der Waals surface area contributed by atoms with Gasteiger partial charge in [0.05, 0.1) is 15.7 Å². The zero-order valence-corrected chi connectivity index (χ0v) is 13.1. The molecule has 1 N–H and O–H groups in total. The molecule has 1 aliphatic rings. The molecule has 0 fully saturated rings. The van der Waals surface area contributed by atoms with Crippen LogP contribution in [0.15, 0.2) is 36.4 Å². The Morgan fingerprint density at radius 1 is 1.22 bits per heavy atom. The lowest BCUT2D eigenvalue weighted by Crippen LogP contribution is -2.09. The fraction of sp³-hybridized carbons (Fsp3) is 0.0625. The van der Waals surface area contributed by atoms with Gasteiger partial charge < -0.3 is 14.8 Å². The van der Waals surface area contributed by atoms with E-state index in [9.17, 15) is 9.18 Å². The van der Waals surface area contributed by atoms with Crippen LogP contribution >= 0.6 is 23.2 Å². The van der Waals surface area contributed by atoms with E-state index in [0.717, 1.165) is 0 Å². The maximum atomic E-state index is 13.7. The molecule has 23 heavy (non-hydrogen) atoms. The first-order valence-corrected chi connectivity index (χ1v) is 7.32. The summed E-state index contributed by atoms with van der Waals surface area (Å²) >= 11 is 11.7. The predicted molar refractivity (Wildman–Crippen MR) is 86.6 cm³/mol. The molecule has 0 aromatic heterocycles. The Labute approximate surface area is 141 Å². The number of fused-ring (bicyclic) bond motifs is 1. The van der Waals surface area contributed by atoms with E-state index in [1.807, 2.05) is 0 Å². The zero-order valence-electron chi connectivity index (χ0n) is 11.6. The van der Waals surface area contributed by atoms with Crippen molar-refractivity contribution in [2.75, 3.05) is 12.1 Å². The lowest BCUT2D eigenvalue weighted by molar-refractivity contribution is -0.111. The van der Waals surface area contributed by atoms with Crippen molar-refractivity contribution in [1.29, 1.82) is 0 Å². The van der Waals surface area contributed by atoms with Gasteiger partial charge in [-0.2, -0.15) is 0 Å². The van der Waals surface area contributed by atoms with Gasteiger partial charge in [-0.05, 0) is 35.9 Å². The quantitative estimate of drug-likeness (QED) is 0.825. The largest absolute Gasteiger partial charge is 0.454 e. The number of hydrogen-bond acceptors (Lipinski definition) is 3. The van der Waals surface area contributed by atoms with Crippen molar-refractivity contribution in [2.24, 2.45) is 0 Å². The van der Waals surface area contributed by atoms with Gasteiger partial charge in [0.2, 0.25) is 12.7 Å². The van der Waals surface area contributed by atoms with Gasteiger partial charge in [0, 0.05) is 6.08 Å². The average Bonchev–Trinajstić information content (AvgIpc) is 2.99. The Morgan fingerprint density at radius 2 is 2.04 bits per heavy atom. The van der Waals surface area contributed by atoms with Crippen LogP contribution in [0.2, 0.25) is 10.0 Å². The first-order chi connectivity index (χ1) is 11.0. The molecular weight excluding hydrogens is 344 g/mol. The van der Waals surface area contributed by atoms with Gasteiger partial charge in [0.1, 0.15) is 0 Å². The third-order valence-electron chi connectivity index (χ3n) is 3.09. The minimum Gasteiger partial charge on any atom is -0.454 e. The Morgan fingerprint density at radius 3 is 2.87 bits per heavy atom. The van der Waals surface area contributed by atoms with E-state index in [1.165, 1.54) is 24.3 Å². The lowest BCUT2D eigenvalue weighted by Gasteiger charge is -2.05. The van der Waals surface area contributed by atoms with Crippen LogP contribution in [0.5, 0.6) is 11.5 Å². The summed E-state index contributed by atoms with van der Waals surface area (Å²) in [5, 5.41) is 2.74. The zero-order chi connectivity index (χ0) is 16.4. The highest BCUT2D eigenvalue weighted by Crippen LogP contribution is 2.40. The molecule has 7 heteroatoms. The van der Waals surface area contributed by atoms with Gasteiger partial charge in [-0.25, -0.2) is 4.39 Å². The van der Waals surface area contributed by atoms with E-state index in [0.29, 0.717) is 22.1 Å². The van der Waals surface area contributed by atoms with Crippen molar-refractivity contribution in [1.82, 2.24) is 0 Å². The molecule has 0 bridgehead atoms. The number of anilines is 1. The van der Waals surface area contributed by atoms with Crippen LogP contribution in [0.1, 0.15) is 5.56 Å². The van der Waals surface area contributed by atoms with Crippen molar-refractivity contribution in [3.8, 4) is 11.5 Å². The first kappa shape index (κ1) is 15.6.